The van der Waals surface area contributed by atoms with Crippen LogP contribution in [0.2, 0.25) is 5.02 Å². The number of benzene rings is 2. The van der Waals surface area contributed by atoms with E-state index in [-0.39, 0.29) is 29.8 Å². The Bertz CT molecular complexity index is 745. The minimum absolute atomic E-state index is 0. The molecule has 0 aromatic heterocycles. The number of nitrogens with zero attached hydrogens (tertiary/aromatic N) is 2. The summed E-state index contributed by atoms with van der Waals surface area (Å²) in [4.78, 5) is 6.13. The maximum Gasteiger partial charge on any atom is 0.193 e. The second kappa shape index (κ2) is 11.1. The highest BCUT2D eigenvalue weighted by molar-refractivity contribution is 14.0. The van der Waals surface area contributed by atoms with E-state index in [2.05, 4.69) is 10.3 Å². The van der Waals surface area contributed by atoms with Crippen LogP contribution in [0.25, 0.3) is 0 Å². The number of para-hydroxylation sites is 1. The van der Waals surface area contributed by atoms with Gasteiger partial charge in [-0.3, -0.25) is 4.99 Å². The lowest BCUT2D eigenvalue weighted by Gasteiger charge is -2.19. The smallest absolute Gasteiger partial charge is 0.193 e. The zero-order chi connectivity index (χ0) is 18.2. The largest absolute Gasteiger partial charge is 0.495 e. The number of hydrogen-bond donors (Lipinski definition) is 2. The number of anilines is 2. The predicted molar refractivity (Wildman–Crippen MR) is 118 cm³/mol. The molecule has 0 aliphatic rings. The molecule has 0 amide bonds. The van der Waals surface area contributed by atoms with Crippen molar-refractivity contribution >= 4 is 52.9 Å². The van der Waals surface area contributed by atoms with Crippen LogP contribution in [0.15, 0.2) is 47.5 Å². The maximum atomic E-state index is 13.7. The van der Waals surface area contributed by atoms with Gasteiger partial charge in [-0.05, 0) is 36.8 Å². The van der Waals surface area contributed by atoms with Gasteiger partial charge in [-0.15, -0.1) is 24.0 Å². The summed E-state index contributed by atoms with van der Waals surface area (Å²) in [5.74, 6) is 0.666. The molecule has 2 aromatic rings. The molecule has 0 fully saturated rings. The molecule has 0 aliphatic heterocycles. The van der Waals surface area contributed by atoms with E-state index in [4.69, 9.17) is 22.1 Å². The fourth-order valence-electron chi connectivity index (χ4n) is 2.32. The third-order valence-electron chi connectivity index (χ3n) is 3.62. The van der Waals surface area contributed by atoms with E-state index in [0.717, 1.165) is 12.1 Å². The van der Waals surface area contributed by atoms with Crippen LogP contribution in [-0.2, 0) is 0 Å². The summed E-state index contributed by atoms with van der Waals surface area (Å²) in [5, 5.41) is 3.47. The first-order valence-electron chi connectivity index (χ1n) is 7.87. The summed E-state index contributed by atoms with van der Waals surface area (Å²) in [6.45, 7) is 1.20. The number of hydrogen-bond acceptors (Lipinski definition) is 3. The number of ether oxygens (including phenoxy) is 1. The average molecular weight is 493 g/mol. The van der Waals surface area contributed by atoms with Crippen molar-refractivity contribution in [3.63, 3.8) is 0 Å². The van der Waals surface area contributed by atoms with Gasteiger partial charge in [-0.1, -0.05) is 23.7 Å². The number of nitrogens with two attached hydrogens (primary N) is 1. The fraction of sp³-hybridized carbons (Fsp3) is 0.278. The van der Waals surface area contributed by atoms with Crippen LogP contribution in [0, 0.1) is 5.82 Å². The third-order valence-corrected chi connectivity index (χ3v) is 3.92. The van der Waals surface area contributed by atoms with Crippen molar-refractivity contribution in [2.45, 2.75) is 6.42 Å². The first kappa shape index (κ1) is 22.3. The molecule has 5 nitrogen and oxygen atoms in total. The van der Waals surface area contributed by atoms with Gasteiger partial charge in [0.2, 0.25) is 0 Å². The van der Waals surface area contributed by atoms with E-state index >= 15 is 0 Å². The zero-order valence-corrected chi connectivity index (χ0v) is 17.8. The summed E-state index contributed by atoms with van der Waals surface area (Å²) in [5.41, 5.74) is 7.18. The Balaban J connectivity index is 0.00000338. The average Bonchev–Trinajstić information content (AvgIpc) is 2.59. The number of halogens is 3. The Morgan fingerprint density at radius 1 is 1.31 bits per heavy atom. The quantitative estimate of drug-likeness (QED) is 0.261. The fourth-order valence-corrected chi connectivity index (χ4v) is 2.58. The van der Waals surface area contributed by atoms with Gasteiger partial charge >= 0.3 is 0 Å². The summed E-state index contributed by atoms with van der Waals surface area (Å²) in [7, 11) is 3.41. The summed E-state index contributed by atoms with van der Waals surface area (Å²) in [6, 6.07) is 12.0. The standard InChI is InChI=1S/C18H22ClFN4O.HI/c1-24(16-7-4-3-6-15(16)20)11-5-10-22-18(21)23-13-8-9-17(25-2)14(19)12-13;/h3-4,6-9,12H,5,10-11H2,1-2H3,(H3,21,22,23);1H. The molecule has 0 bridgehead atoms. The van der Waals surface area contributed by atoms with Crippen molar-refractivity contribution < 1.29 is 9.13 Å². The van der Waals surface area contributed by atoms with Crippen LogP contribution >= 0.6 is 35.6 Å². The van der Waals surface area contributed by atoms with Crippen LogP contribution in [0.4, 0.5) is 15.8 Å². The topological polar surface area (TPSA) is 62.9 Å². The van der Waals surface area contributed by atoms with Crippen molar-refractivity contribution in [2.24, 2.45) is 10.7 Å². The molecule has 8 heteroatoms. The van der Waals surface area contributed by atoms with E-state index in [1.807, 2.05) is 18.0 Å². The second-order valence-corrected chi connectivity index (χ2v) is 5.88. The molecule has 0 heterocycles. The summed E-state index contributed by atoms with van der Waals surface area (Å²) < 4.78 is 18.8. The lowest BCUT2D eigenvalue weighted by molar-refractivity contribution is 0.415. The molecular formula is C18H23ClFIN4O. The number of nitrogens with one attached hydrogen (secondary N) is 1. The Kier molecular flexibility index (Phi) is 9.50. The van der Waals surface area contributed by atoms with Crippen LogP contribution in [0.1, 0.15) is 6.42 Å². The predicted octanol–water partition coefficient (Wildman–Crippen LogP) is 4.36. The van der Waals surface area contributed by atoms with E-state index < -0.39 is 0 Å². The number of rotatable bonds is 7. The first-order valence-corrected chi connectivity index (χ1v) is 8.25. The van der Waals surface area contributed by atoms with Crippen LogP contribution in [-0.4, -0.2) is 33.2 Å². The highest BCUT2D eigenvalue weighted by Crippen LogP contribution is 2.27. The molecule has 2 aromatic carbocycles. The molecule has 0 spiro atoms. The highest BCUT2D eigenvalue weighted by atomic mass is 127. The van der Waals surface area contributed by atoms with Crippen LogP contribution in [0.5, 0.6) is 5.75 Å². The Hall–Kier alpha value is -1.74. The number of methoxy groups -OCH3 is 1. The Labute approximate surface area is 175 Å². The van der Waals surface area contributed by atoms with E-state index in [9.17, 15) is 4.39 Å². The van der Waals surface area contributed by atoms with Crippen molar-refractivity contribution in [3.8, 4) is 5.75 Å². The van der Waals surface area contributed by atoms with Crippen molar-refractivity contribution in [1.82, 2.24) is 0 Å². The maximum absolute atomic E-state index is 13.7. The Morgan fingerprint density at radius 2 is 2.04 bits per heavy atom. The molecule has 3 N–H and O–H groups in total. The lowest BCUT2D eigenvalue weighted by Crippen LogP contribution is -2.24. The molecule has 26 heavy (non-hydrogen) atoms. The molecule has 142 valence electrons. The van der Waals surface area contributed by atoms with Gasteiger partial charge in [0.15, 0.2) is 5.96 Å². The normalized spacial score (nSPS) is 10.8. The molecule has 0 saturated carbocycles. The van der Waals surface area contributed by atoms with Gasteiger partial charge in [0.1, 0.15) is 11.6 Å². The van der Waals surface area contributed by atoms with E-state index in [1.165, 1.54) is 6.07 Å². The molecule has 0 aliphatic carbocycles. The van der Waals surface area contributed by atoms with Gasteiger partial charge in [0.25, 0.3) is 0 Å². The third kappa shape index (κ3) is 6.53. The zero-order valence-electron chi connectivity index (χ0n) is 14.7. The minimum atomic E-state index is -0.230. The van der Waals surface area contributed by atoms with Gasteiger partial charge in [-0.25, -0.2) is 4.39 Å². The Morgan fingerprint density at radius 3 is 2.69 bits per heavy atom. The van der Waals surface area contributed by atoms with Crippen LogP contribution < -0.4 is 20.7 Å². The monoisotopic (exact) mass is 492 g/mol. The molecule has 0 unspecified atom stereocenters. The molecule has 0 atom stereocenters. The van der Waals surface area contributed by atoms with Gasteiger partial charge in [-0.2, -0.15) is 0 Å². The first-order chi connectivity index (χ1) is 12.0. The number of aliphatic imine (C=N–C) groups is 1. The summed E-state index contributed by atoms with van der Waals surface area (Å²) in [6.07, 6.45) is 0.747. The van der Waals surface area contributed by atoms with Crippen molar-refractivity contribution in [3.05, 3.63) is 53.3 Å². The van der Waals surface area contributed by atoms with Gasteiger partial charge in [0.05, 0.1) is 17.8 Å². The van der Waals surface area contributed by atoms with Crippen LogP contribution in [0.3, 0.4) is 0 Å². The molecule has 0 saturated heterocycles. The highest BCUT2D eigenvalue weighted by Gasteiger charge is 2.06. The SMILES string of the molecule is COc1ccc(NC(N)=NCCCN(C)c2ccccc2F)cc1Cl.I. The summed E-state index contributed by atoms with van der Waals surface area (Å²) >= 11 is 6.06. The second-order valence-electron chi connectivity index (χ2n) is 5.47. The van der Waals surface area contributed by atoms with Crippen molar-refractivity contribution in [2.75, 3.05) is 37.5 Å². The minimum Gasteiger partial charge on any atom is -0.495 e. The number of guanidine groups is 1. The molecular weight excluding hydrogens is 470 g/mol. The van der Waals surface area contributed by atoms with Gasteiger partial charge in [0, 0.05) is 25.8 Å². The lowest BCUT2D eigenvalue weighted by atomic mass is 10.2. The molecule has 0 radical (unpaired) electrons. The van der Waals surface area contributed by atoms with Gasteiger partial charge < -0.3 is 20.7 Å². The van der Waals surface area contributed by atoms with Crippen molar-refractivity contribution in [1.29, 1.82) is 0 Å². The van der Waals surface area contributed by atoms with E-state index in [0.29, 0.717) is 35.5 Å². The van der Waals surface area contributed by atoms with E-state index in [1.54, 1.807) is 37.4 Å². The molecule has 2 rings (SSSR count).